The molecule has 0 saturated heterocycles. The minimum Gasteiger partial charge on any atom is -0.325 e. The van der Waals surface area contributed by atoms with Crippen molar-refractivity contribution < 1.29 is 4.79 Å². The predicted octanol–water partition coefficient (Wildman–Crippen LogP) is 5.47. The van der Waals surface area contributed by atoms with Gasteiger partial charge < -0.3 is 5.32 Å². The van der Waals surface area contributed by atoms with Crippen LogP contribution in [0.2, 0.25) is 0 Å². The monoisotopic (exact) mass is 426 g/mol. The summed E-state index contributed by atoms with van der Waals surface area (Å²) in [7, 11) is 0. The van der Waals surface area contributed by atoms with Crippen molar-refractivity contribution >= 4 is 56.2 Å². The Morgan fingerprint density at radius 2 is 1.93 bits per heavy atom. The Bertz CT molecular complexity index is 1150. The Kier molecular flexibility index (Phi) is 5.43. The lowest BCUT2D eigenvalue weighted by Gasteiger charge is -2.06. The van der Waals surface area contributed by atoms with Crippen LogP contribution in [0.15, 0.2) is 41.0 Å². The van der Waals surface area contributed by atoms with Crippen molar-refractivity contribution in [2.45, 2.75) is 25.8 Å². The maximum absolute atomic E-state index is 12.4. The van der Waals surface area contributed by atoms with E-state index in [4.69, 9.17) is 0 Å². The number of aromatic nitrogens is 3. The molecular weight excluding hydrogens is 408 g/mol. The molecule has 28 heavy (non-hydrogen) atoms. The van der Waals surface area contributed by atoms with E-state index in [2.05, 4.69) is 34.1 Å². The van der Waals surface area contributed by atoms with Gasteiger partial charge in [0.05, 0.1) is 16.5 Å². The van der Waals surface area contributed by atoms with Crippen molar-refractivity contribution in [2.24, 2.45) is 0 Å². The van der Waals surface area contributed by atoms with Gasteiger partial charge in [0.1, 0.15) is 16.2 Å². The molecule has 0 radical (unpaired) electrons. The Labute approximate surface area is 175 Å². The lowest BCUT2D eigenvalue weighted by Crippen LogP contribution is -2.14. The van der Waals surface area contributed by atoms with Crippen LogP contribution < -0.4 is 5.32 Å². The van der Waals surface area contributed by atoms with Gasteiger partial charge >= 0.3 is 0 Å². The zero-order valence-electron chi connectivity index (χ0n) is 15.6. The third-order valence-corrected chi connectivity index (χ3v) is 7.23. The van der Waals surface area contributed by atoms with Crippen molar-refractivity contribution in [1.29, 1.82) is 0 Å². The Morgan fingerprint density at radius 3 is 2.64 bits per heavy atom. The van der Waals surface area contributed by atoms with Crippen LogP contribution in [0.25, 0.3) is 21.5 Å². The van der Waals surface area contributed by atoms with Gasteiger partial charge in [0.2, 0.25) is 5.91 Å². The van der Waals surface area contributed by atoms with Crippen LogP contribution in [0, 0.1) is 20.8 Å². The van der Waals surface area contributed by atoms with Crippen LogP contribution in [0.3, 0.4) is 0 Å². The summed E-state index contributed by atoms with van der Waals surface area (Å²) in [5.74, 6) is 0.242. The minimum atomic E-state index is -0.0568. The van der Waals surface area contributed by atoms with Crippen molar-refractivity contribution in [2.75, 3.05) is 11.1 Å². The maximum Gasteiger partial charge on any atom is 0.234 e. The van der Waals surface area contributed by atoms with E-state index in [1.807, 2.05) is 36.6 Å². The first-order valence-corrected chi connectivity index (χ1v) is 11.4. The minimum absolute atomic E-state index is 0.0568. The standard InChI is InChI=1S/C20H18N4OS3/c1-11-12(2)28-20-18(11)19(21-10-22-20)27-9-17(25)24-15-6-4-14(5-7-15)16-8-26-13(3)23-16/h4-8,10H,9H2,1-3H3,(H,24,25). The third-order valence-electron chi connectivity index (χ3n) is 4.35. The zero-order chi connectivity index (χ0) is 19.7. The average molecular weight is 427 g/mol. The largest absolute Gasteiger partial charge is 0.325 e. The normalized spacial score (nSPS) is 11.1. The summed E-state index contributed by atoms with van der Waals surface area (Å²) in [4.78, 5) is 27.8. The second kappa shape index (κ2) is 7.98. The van der Waals surface area contributed by atoms with Crippen LogP contribution in [-0.2, 0) is 4.79 Å². The molecule has 0 fully saturated rings. The number of aryl methyl sites for hydroxylation is 3. The van der Waals surface area contributed by atoms with E-state index in [9.17, 15) is 4.79 Å². The molecule has 5 nitrogen and oxygen atoms in total. The fourth-order valence-electron chi connectivity index (χ4n) is 2.81. The van der Waals surface area contributed by atoms with Crippen molar-refractivity contribution in [3.05, 3.63) is 51.4 Å². The molecule has 1 aromatic carbocycles. The number of fused-ring (bicyclic) bond motifs is 1. The molecule has 1 amide bonds. The van der Waals surface area contributed by atoms with Gasteiger partial charge in [-0.2, -0.15) is 0 Å². The molecule has 4 rings (SSSR count). The number of thioether (sulfide) groups is 1. The van der Waals surface area contributed by atoms with Crippen molar-refractivity contribution in [1.82, 2.24) is 15.0 Å². The summed E-state index contributed by atoms with van der Waals surface area (Å²) in [5, 5.41) is 7.94. The summed E-state index contributed by atoms with van der Waals surface area (Å²) in [6.45, 7) is 6.15. The molecule has 0 aliphatic heterocycles. The maximum atomic E-state index is 12.4. The molecule has 4 aromatic rings. The number of benzene rings is 1. The molecular formula is C20H18N4OS3. The van der Waals surface area contributed by atoms with E-state index in [1.165, 1.54) is 22.2 Å². The zero-order valence-corrected chi connectivity index (χ0v) is 18.1. The smallest absolute Gasteiger partial charge is 0.234 e. The second-order valence-corrected chi connectivity index (χ2v) is 9.54. The average Bonchev–Trinajstić information content (AvgIpc) is 3.24. The van der Waals surface area contributed by atoms with Gasteiger partial charge in [-0.3, -0.25) is 4.79 Å². The summed E-state index contributed by atoms with van der Waals surface area (Å²) in [5.41, 5.74) is 3.97. The van der Waals surface area contributed by atoms with E-state index in [0.717, 1.165) is 37.2 Å². The summed E-state index contributed by atoms with van der Waals surface area (Å²) in [6.07, 6.45) is 1.57. The van der Waals surface area contributed by atoms with Crippen molar-refractivity contribution in [3.63, 3.8) is 0 Å². The molecule has 0 atom stereocenters. The number of amides is 1. The fraction of sp³-hybridized carbons (Fsp3) is 0.200. The Balaban J connectivity index is 1.41. The second-order valence-electron chi connectivity index (χ2n) is 6.31. The number of thiophene rings is 1. The van der Waals surface area contributed by atoms with E-state index in [0.29, 0.717) is 5.75 Å². The van der Waals surface area contributed by atoms with E-state index in [1.54, 1.807) is 29.0 Å². The van der Waals surface area contributed by atoms with Gasteiger partial charge in [-0.1, -0.05) is 23.9 Å². The van der Waals surface area contributed by atoms with Crippen LogP contribution in [0.1, 0.15) is 15.4 Å². The molecule has 0 bridgehead atoms. The molecule has 3 aromatic heterocycles. The van der Waals surface area contributed by atoms with Gasteiger partial charge in [0.25, 0.3) is 0 Å². The molecule has 0 aliphatic carbocycles. The number of hydrogen-bond donors (Lipinski definition) is 1. The molecule has 0 spiro atoms. The SMILES string of the molecule is Cc1nc(-c2ccc(NC(=O)CSc3ncnc4sc(C)c(C)c34)cc2)cs1. The molecule has 8 heteroatoms. The molecule has 0 aliphatic rings. The lowest BCUT2D eigenvalue weighted by atomic mass is 10.1. The molecule has 1 N–H and O–H groups in total. The number of rotatable bonds is 5. The highest BCUT2D eigenvalue weighted by atomic mass is 32.2. The number of nitrogens with one attached hydrogen (secondary N) is 1. The highest BCUT2D eigenvalue weighted by Gasteiger charge is 2.14. The molecule has 0 unspecified atom stereocenters. The van der Waals surface area contributed by atoms with Gasteiger partial charge in [-0.25, -0.2) is 15.0 Å². The number of anilines is 1. The Morgan fingerprint density at radius 1 is 1.14 bits per heavy atom. The van der Waals surface area contributed by atoms with Gasteiger partial charge in [0.15, 0.2) is 0 Å². The summed E-state index contributed by atoms with van der Waals surface area (Å²) < 4.78 is 0. The van der Waals surface area contributed by atoms with E-state index >= 15 is 0 Å². The first kappa shape index (κ1) is 19.0. The predicted molar refractivity (Wildman–Crippen MR) is 119 cm³/mol. The number of thiazole rings is 1. The fourth-order valence-corrected chi connectivity index (χ4v) is 5.35. The first-order chi connectivity index (χ1) is 13.5. The van der Waals surface area contributed by atoms with Gasteiger partial charge in [0, 0.05) is 26.9 Å². The number of carbonyl (C=O) groups is 1. The number of carbonyl (C=O) groups excluding carboxylic acids is 1. The van der Waals surface area contributed by atoms with E-state index in [-0.39, 0.29) is 5.91 Å². The van der Waals surface area contributed by atoms with Crippen LogP contribution >= 0.6 is 34.4 Å². The third kappa shape index (κ3) is 3.94. The van der Waals surface area contributed by atoms with Crippen molar-refractivity contribution in [3.8, 4) is 11.3 Å². The first-order valence-electron chi connectivity index (χ1n) is 8.67. The van der Waals surface area contributed by atoms with Crippen LogP contribution in [-0.4, -0.2) is 26.6 Å². The van der Waals surface area contributed by atoms with Gasteiger partial charge in [-0.15, -0.1) is 22.7 Å². The van der Waals surface area contributed by atoms with Gasteiger partial charge in [-0.05, 0) is 38.5 Å². The lowest BCUT2D eigenvalue weighted by molar-refractivity contribution is -0.113. The van der Waals surface area contributed by atoms with Crippen LogP contribution in [0.4, 0.5) is 5.69 Å². The number of nitrogens with zero attached hydrogens (tertiary/aromatic N) is 3. The summed E-state index contributed by atoms with van der Waals surface area (Å²) in [6, 6.07) is 7.76. The molecule has 3 heterocycles. The Hall–Kier alpha value is -2.29. The summed E-state index contributed by atoms with van der Waals surface area (Å²) >= 11 is 4.73. The number of hydrogen-bond acceptors (Lipinski definition) is 7. The molecule has 0 saturated carbocycles. The molecule has 142 valence electrons. The van der Waals surface area contributed by atoms with Crippen LogP contribution in [0.5, 0.6) is 0 Å². The quantitative estimate of drug-likeness (QED) is 0.338. The highest BCUT2D eigenvalue weighted by molar-refractivity contribution is 8.00. The van der Waals surface area contributed by atoms with E-state index < -0.39 is 0 Å². The topological polar surface area (TPSA) is 67.8 Å². The highest BCUT2D eigenvalue weighted by Crippen LogP contribution is 2.34.